The van der Waals surface area contributed by atoms with Crippen molar-refractivity contribution in [3.63, 3.8) is 0 Å². The zero-order chi connectivity index (χ0) is 40.0. The fraction of sp³-hybridized carbons (Fsp3) is 0.419. The van der Waals surface area contributed by atoms with Crippen molar-refractivity contribution in [2.24, 2.45) is 0 Å². The van der Waals surface area contributed by atoms with Crippen LogP contribution >= 0.6 is 0 Å². The lowest BCUT2D eigenvalue weighted by molar-refractivity contribution is -0.436. The molecule has 3 aliphatic rings. The number of benzene rings is 2. The number of imide groups is 1. The van der Waals surface area contributed by atoms with E-state index in [2.05, 4.69) is 78.5 Å². The molecule has 11 nitrogen and oxygen atoms in total. The topological polar surface area (TPSA) is 130 Å². The quantitative estimate of drug-likeness (QED) is 0.0792. The lowest BCUT2D eigenvalue weighted by atomic mass is 9.81. The van der Waals surface area contributed by atoms with Crippen LogP contribution in [-0.2, 0) is 46.7 Å². The van der Waals surface area contributed by atoms with Gasteiger partial charge in [0.05, 0.1) is 15.5 Å². The Bertz CT molecular complexity index is 2040. The average molecular weight is 769 g/mol. The van der Waals surface area contributed by atoms with Crippen LogP contribution in [0.3, 0.4) is 0 Å². The van der Waals surface area contributed by atoms with Crippen LogP contribution < -0.4 is 4.90 Å². The third-order valence-corrected chi connectivity index (χ3v) is 11.2. The normalized spacial score (nSPS) is 18.7. The van der Waals surface area contributed by atoms with Gasteiger partial charge in [-0.3, -0.25) is 9.59 Å². The molecule has 55 heavy (non-hydrogen) atoms. The van der Waals surface area contributed by atoms with Gasteiger partial charge < -0.3 is 19.2 Å². The summed E-state index contributed by atoms with van der Waals surface area (Å²) in [5.41, 5.74) is 7.19. The Balaban J connectivity index is 1.26. The number of para-hydroxylation sites is 1. The van der Waals surface area contributed by atoms with Gasteiger partial charge in [0.15, 0.2) is 5.71 Å². The molecule has 12 heteroatoms. The van der Waals surface area contributed by atoms with E-state index in [1.54, 1.807) is 0 Å². The van der Waals surface area contributed by atoms with Gasteiger partial charge in [-0.25, -0.2) is 13.2 Å². The molecule has 0 spiro atoms. The molecule has 2 aromatic rings. The lowest BCUT2D eigenvalue weighted by Crippen LogP contribution is -2.32. The molecule has 0 N–H and O–H groups in total. The van der Waals surface area contributed by atoms with Crippen molar-refractivity contribution in [2.45, 2.75) is 83.6 Å². The van der Waals surface area contributed by atoms with Crippen LogP contribution in [0, 0.1) is 6.92 Å². The summed E-state index contributed by atoms with van der Waals surface area (Å²) in [7, 11) is -2.40. The van der Waals surface area contributed by atoms with Crippen molar-refractivity contribution in [1.29, 1.82) is 0 Å². The molecule has 0 aliphatic carbocycles. The summed E-state index contributed by atoms with van der Waals surface area (Å²) < 4.78 is 36.7. The number of fused-ring (bicyclic) bond motifs is 2. The maximum Gasteiger partial charge on any atom is 0.333 e. The molecule has 5 rings (SSSR count). The highest BCUT2D eigenvalue weighted by molar-refractivity contribution is 7.85. The summed E-state index contributed by atoms with van der Waals surface area (Å²) >= 11 is 0. The number of hydroxylamine groups is 2. The van der Waals surface area contributed by atoms with Gasteiger partial charge in [0.1, 0.15) is 6.54 Å². The van der Waals surface area contributed by atoms with Gasteiger partial charge in [0, 0.05) is 79.0 Å². The number of allylic oxidation sites excluding steroid dienone is 8. The summed E-state index contributed by atoms with van der Waals surface area (Å²) in [5, 5.41) is 0.572. The molecular weight excluding hydrogens is 717 g/mol. The minimum absolute atomic E-state index is 0.0557. The smallest absolute Gasteiger partial charge is 0.333 e. The van der Waals surface area contributed by atoms with Crippen LogP contribution in [0.1, 0.15) is 82.9 Å². The minimum atomic E-state index is -4.35. The Kier molecular flexibility index (Phi) is 13.2. The second kappa shape index (κ2) is 17.4. The number of hydrogen-bond donors (Lipinski definition) is 0. The third kappa shape index (κ3) is 9.78. The van der Waals surface area contributed by atoms with Gasteiger partial charge in [-0.1, -0.05) is 74.6 Å². The van der Waals surface area contributed by atoms with E-state index >= 15 is 0 Å². The number of hydrogen-bond acceptors (Lipinski definition) is 9. The van der Waals surface area contributed by atoms with Crippen molar-refractivity contribution in [2.75, 3.05) is 37.3 Å². The molecule has 3 heterocycles. The number of nitrogens with zero attached hydrogens (tertiary/aromatic N) is 4. The molecule has 0 aromatic heterocycles. The van der Waals surface area contributed by atoms with Crippen molar-refractivity contribution < 1.29 is 36.8 Å². The van der Waals surface area contributed by atoms with E-state index in [9.17, 15) is 27.4 Å². The van der Waals surface area contributed by atoms with Crippen LogP contribution in [0.25, 0.3) is 0 Å². The van der Waals surface area contributed by atoms with Gasteiger partial charge in [0.2, 0.25) is 5.69 Å². The fourth-order valence-electron chi connectivity index (χ4n) is 7.65. The first-order chi connectivity index (χ1) is 26.0. The Morgan fingerprint density at radius 1 is 0.964 bits per heavy atom. The molecule has 0 saturated carbocycles. The van der Waals surface area contributed by atoms with Crippen LogP contribution in [0.15, 0.2) is 90.7 Å². The zero-order valence-corrected chi connectivity index (χ0v) is 33.3. The highest BCUT2D eigenvalue weighted by Gasteiger charge is 2.44. The minimum Gasteiger partial charge on any atom is -0.748 e. The Labute approximate surface area is 326 Å². The highest BCUT2D eigenvalue weighted by Crippen LogP contribution is 2.48. The van der Waals surface area contributed by atoms with Crippen LogP contribution in [0.5, 0.6) is 0 Å². The average Bonchev–Trinajstić information content (AvgIpc) is 3.63. The van der Waals surface area contributed by atoms with E-state index in [-0.39, 0.29) is 31.1 Å². The predicted molar refractivity (Wildman–Crippen MR) is 212 cm³/mol. The largest absolute Gasteiger partial charge is 0.748 e. The van der Waals surface area contributed by atoms with Crippen LogP contribution in [-0.4, -0.2) is 83.4 Å². The second-order valence-corrected chi connectivity index (χ2v) is 16.8. The predicted octanol–water partition coefficient (Wildman–Crippen LogP) is 6.27. The molecule has 0 bridgehead atoms. The first kappa shape index (κ1) is 41.5. The van der Waals surface area contributed by atoms with E-state index in [1.165, 1.54) is 17.0 Å². The molecule has 3 aliphatic heterocycles. The van der Waals surface area contributed by atoms with E-state index in [4.69, 9.17) is 11.8 Å². The Morgan fingerprint density at radius 2 is 1.65 bits per heavy atom. The van der Waals surface area contributed by atoms with E-state index in [0.29, 0.717) is 37.5 Å². The number of rotatable bonds is 17. The molecule has 1 saturated heterocycles. The molecule has 2 radical (unpaired) electrons. The van der Waals surface area contributed by atoms with Gasteiger partial charge >= 0.3 is 5.97 Å². The van der Waals surface area contributed by atoms with Gasteiger partial charge in [0.25, 0.3) is 11.8 Å². The first-order valence-electron chi connectivity index (χ1n) is 18.8. The third-order valence-electron chi connectivity index (χ3n) is 10.4. The maximum atomic E-state index is 12.2. The van der Waals surface area contributed by atoms with Gasteiger partial charge in [-0.05, 0) is 70.5 Å². The number of carbonyl (C=O) groups is 3. The highest BCUT2D eigenvalue weighted by atomic mass is 32.2. The summed E-state index contributed by atoms with van der Waals surface area (Å²) in [6, 6.07) is 14.7. The Hall–Kier alpha value is -4.65. The van der Waals surface area contributed by atoms with E-state index in [0.717, 1.165) is 29.1 Å². The first-order valence-corrected chi connectivity index (χ1v) is 20.4. The van der Waals surface area contributed by atoms with Crippen molar-refractivity contribution in [3.05, 3.63) is 114 Å². The van der Waals surface area contributed by atoms with Gasteiger partial charge in [-0.15, -0.1) is 5.06 Å². The SMILES string of the molecule is [CH]CC[N+]1=C(/C=C/C=C/C=C/C=C2/N(CCCS(=O)(=O)[O-])c3ccc(CN(C)CCCC(=O)ON4C(=O)CCC4=O)cc3C2(C)C)C(C)(C)c2ccccc21. The van der Waals surface area contributed by atoms with Crippen LogP contribution in [0.2, 0.25) is 0 Å². The summed E-state index contributed by atoms with van der Waals surface area (Å²) in [4.78, 5) is 44.9. The molecule has 292 valence electrons. The van der Waals surface area contributed by atoms with Crippen molar-refractivity contribution >= 4 is 45.0 Å². The standard InChI is InChI=1S/C43H52N4O7S/c1-7-26-45-35-18-14-13-17-33(35)42(2,3)37(45)19-11-9-8-10-12-20-38-43(4,5)34-30-32(22-23-36(34)46(38)28-16-29-55(51,52)53)31-44(6)27-15-21-41(50)54-47-39(48)24-25-40(47)49/h1,8-14,17-20,22-23,30H,7,15-16,21,24-29,31H2,2-6H3. The number of carbonyl (C=O) groups excluding carboxylic acids is 3. The lowest BCUT2D eigenvalue weighted by Gasteiger charge is -2.27. The zero-order valence-electron chi connectivity index (χ0n) is 32.5. The van der Waals surface area contributed by atoms with Crippen molar-refractivity contribution in [1.82, 2.24) is 9.96 Å². The fourth-order valence-corrected chi connectivity index (χ4v) is 8.13. The number of anilines is 1. The van der Waals surface area contributed by atoms with Gasteiger partial charge in [-0.2, -0.15) is 4.58 Å². The second-order valence-electron chi connectivity index (χ2n) is 15.3. The summed E-state index contributed by atoms with van der Waals surface area (Å²) in [5.74, 6) is -2.05. The molecule has 0 unspecified atom stereocenters. The molecule has 0 atom stereocenters. The molecule has 2 amide bonds. The summed E-state index contributed by atoms with van der Waals surface area (Å²) in [6.45, 7) is 17.0. The maximum absolute atomic E-state index is 12.2. The molecule has 2 aromatic carbocycles. The monoisotopic (exact) mass is 768 g/mol. The summed E-state index contributed by atoms with van der Waals surface area (Å²) in [6.07, 6.45) is 15.5. The molecule has 1 fully saturated rings. The van der Waals surface area contributed by atoms with Crippen molar-refractivity contribution in [3.8, 4) is 0 Å². The number of amides is 2. The van der Waals surface area contributed by atoms with E-state index < -0.39 is 39.1 Å². The Morgan fingerprint density at radius 3 is 2.36 bits per heavy atom. The molecular formula is C43H52N4O7S. The van der Waals surface area contributed by atoms with E-state index in [1.807, 2.05) is 55.6 Å². The van der Waals surface area contributed by atoms with Crippen LogP contribution in [0.4, 0.5) is 11.4 Å².